The van der Waals surface area contributed by atoms with E-state index in [1.54, 1.807) is 0 Å². The summed E-state index contributed by atoms with van der Waals surface area (Å²) in [5.74, 6) is 3.96. The van der Waals surface area contributed by atoms with Crippen molar-refractivity contribution < 1.29 is 0 Å². The molecule has 1 aliphatic rings. The van der Waals surface area contributed by atoms with Gasteiger partial charge in [-0.15, -0.1) is 0 Å². The lowest BCUT2D eigenvalue weighted by molar-refractivity contribution is 0.583. The van der Waals surface area contributed by atoms with Crippen LogP contribution in [0.25, 0.3) is 0 Å². The Kier molecular flexibility index (Phi) is 4.43. The summed E-state index contributed by atoms with van der Waals surface area (Å²) in [6.45, 7) is 11.9. The second-order valence-electron chi connectivity index (χ2n) is 6.23. The number of rotatable bonds is 4. The van der Waals surface area contributed by atoms with Crippen molar-refractivity contribution in [3.8, 4) is 0 Å². The number of nitrogens with one attached hydrogen (secondary N) is 1. The number of hydrogen-bond donors (Lipinski definition) is 1. The molecule has 1 N–H and O–H groups in total. The number of aromatic nitrogens is 2. The van der Waals surface area contributed by atoms with Gasteiger partial charge in [-0.25, -0.2) is 9.97 Å². The lowest BCUT2D eigenvalue weighted by atomic mass is 10.0. The van der Waals surface area contributed by atoms with E-state index in [1.165, 1.54) is 24.8 Å². The zero-order valence-corrected chi connectivity index (χ0v) is 13.0. The minimum Gasteiger partial charge on any atom is -0.370 e. The molecule has 19 heavy (non-hydrogen) atoms. The minimum absolute atomic E-state index is 0.464. The lowest BCUT2D eigenvalue weighted by Crippen LogP contribution is -2.12. The van der Waals surface area contributed by atoms with Crippen LogP contribution >= 0.6 is 0 Å². The molecule has 1 saturated carbocycles. The Balaban J connectivity index is 2.36. The smallest absolute Gasteiger partial charge is 0.134 e. The number of anilines is 1. The van der Waals surface area contributed by atoms with Crippen LogP contribution in [0, 0.1) is 12.8 Å². The fourth-order valence-electron chi connectivity index (χ4n) is 3.22. The average Bonchev–Trinajstić information content (AvgIpc) is 2.75. The van der Waals surface area contributed by atoms with Crippen molar-refractivity contribution in [1.82, 2.24) is 9.97 Å². The Morgan fingerprint density at radius 1 is 1.26 bits per heavy atom. The van der Waals surface area contributed by atoms with Crippen molar-refractivity contribution in [2.24, 2.45) is 5.92 Å². The maximum atomic E-state index is 4.84. The van der Waals surface area contributed by atoms with Gasteiger partial charge in [0, 0.05) is 23.7 Å². The molecule has 0 aromatic carbocycles. The molecule has 3 heteroatoms. The number of hydrogen-bond acceptors (Lipinski definition) is 3. The molecule has 0 radical (unpaired) electrons. The van der Waals surface area contributed by atoms with Gasteiger partial charge in [0.15, 0.2) is 0 Å². The molecular weight excluding hydrogens is 234 g/mol. The zero-order chi connectivity index (χ0) is 14.0. The fourth-order valence-corrected chi connectivity index (χ4v) is 3.22. The zero-order valence-electron chi connectivity index (χ0n) is 13.0. The highest BCUT2D eigenvalue weighted by molar-refractivity contribution is 5.48. The van der Waals surface area contributed by atoms with Crippen molar-refractivity contribution in [2.45, 2.75) is 65.7 Å². The molecule has 106 valence electrons. The third kappa shape index (κ3) is 3.07. The molecular formula is C16H27N3. The highest BCUT2D eigenvalue weighted by Gasteiger charge is 2.26. The van der Waals surface area contributed by atoms with Gasteiger partial charge < -0.3 is 5.32 Å². The first-order chi connectivity index (χ1) is 9.02. The van der Waals surface area contributed by atoms with E-state index < -0.39 is 0 Å². The molecule has 1 heterocycles. The predicted octanol–water partition coefficient (Wildman–Crippen LogP) is 4.24. The molecule has 2 atom stereocenters. The van der Waals surface area contributed by atoms with E-state index in [0.29, 0.717) is 11.8 Å². The maximum Gasteiger partial charge on any atom is 0.134 e. The first kappa shape index (κ1) is 14.3. The maximum absolute atomic E-state index is 4.84. The van der Waals surface area contributed by atoms with Crippen molar-refractivity contribution in [3.05, 3.63) is 17.1 Å². The minimum atomic E-state index is 0.464. The summed E-state index contributed by atoms with van der Waals surface area (Å²) in [6.07, 6.45) is 3.80. The highest BCUT2D eigenvalue weighted by atomic mass is 15.0. The second-order valence-corrected chi connectivity index (χ2v) is 6.23. The third-order valence-electron chi connectivity index (χ3n) is 4.14. The summed E-state index contributed by atoms with van der Waals surface area (Å²) in [6, 6.07) is 0. The number of aryl methyl sites for hydroxylation is 1. The fraction of sp³-hybridized carbons (Fsp3) is 0.750. The molecule has 1 aromatic heterocycles. The summed E-state index contributed by atoms with van der Waals surface area (Å²) in [7, 11) is 0. The number of nitrogens with zero attached hydrogens (tertiary/aromatic N) is 2. The average molecular weight is 261 g/mol. The van der Waals surface area contributed by atoms with Crippen LogP contribution in [0.3, 0.4) is 0 Å². The van der Waals surface area contributed by atoms with E-state index >= 15 is 0 Å². The van der Waals surface area contributed by atoms with Crippen molar-refractivity contribution in [3.63, 3.8) is 0 Å². The monoisotopic (exact) mass is 261 g/mol. The van der Waals surface area contributed by atoms with Crippen LogP contribution in [0.4, 0.5) is 5.82 Å². The molecule has 1 aromatic rings. The van der Waals surface area contributed by atoms with Crippen LogP contribution in [0.15, 0.2) is 0 Å². The van der Waals surface area contributed by atoms with Crippen LogP contribution in [0.2, 0.25) is 0 Å². The molecule has 0 amide bonds. The van der Waals surface area contributed by atoms with Gasteiger partial charge in [0.2, 0.25) is 0 Å². The summed E-state index contributed by atoms with van der Waals surface area (Å²) >= 11 is 0. The normalized spacial score (nSPS) is 23.1. The van der Waals surface area contributed by atoms with Crippen LogP contribution in [0.5, 0.6) is 0 Å². The van der Waals surface area contributed by atoms with E-state index in [2.05, 4.69) is 39.9 Å². The SMILES string of the molecule is CCNc1nc(C2CCC(C)C2)nc(C)c1C(C)C. The van der Waals surface area contributed by atoms with E-state index in [1.807, 2.05) is 0 Å². The molecule has 1 aliphatic carbocycles. The quantitative estimate of drug-likeness (QED) is 0.880. The molecule has 1 fully saturated rings. The lowest BCUT2D eigenvalue weighted by Gasteiger charge is -2.18. The van der Waals surface area contributed by atoms with Crippen molar-refractivity contribution in [2.75, 3.05) is 11.9 Å². The Labute approximate surface area is 117 Å². The largest absolute Gasteiger partial charge is 0.370 e. The van der Waals surface area contributed by atoms with Crippen LogP contribution < -0.4 is 5.32 Å². The molecule has 2 rings (SSSR count). The van der Waals surface area contributed by atoms with Crippen molar-refractivity contribution >= 4 is 5.82 Å². The predicted molar refractivity (Wildman–Crippen MR) is 80.8 cm³/mol. The Morgan fingerprint density at radius 2 is 2.00 bits per heavy atom. The van der Waals surface area contributed by atoms with Gasteiger partial charge in [-0.1, -0.05) is 20.8 Å². The molecule has 0 spiro atoms. The van der Waals surface area contributed by atoms with E-state index in [4.69, 9.17) is 9.97 Å². The third-order valence-corrected chi connectivity index (χ3v) is 4.14. The molecule has 3 nitrogen and oxygen atoms in total. The standard InChI is InChI=1S/C16H27N3/c1-6-17-16-14(10(2)3)12(5)18-15(19-16)13-8-7-11(4)9-13/h10-11,13H,6-9H2,1-5H3,(H,17,18,19). The van der Waals surface area contributed by atoms with Crippen LogP contribution in [-0.4, -0.2) is 16.5 Å². The van der Waals surface area contributed by atoms with Gasteiger partial charge >= 0.3 is 0 Å². The molecule has 2 unspecified atom stereocenters. The van der Waals surface area contributed by atoms with Crippen LogP contribution in [-0.2, 0) is 0 Å². The van der Waals surface area contributed by atoms with Gasteiger partial charge in [0.25, 0.3) is 0 Å². The summed E-state index contributed by atoms with van der Waals surface area (Å²) in [5.41, 5.74) is 2.42. The second kappa shape index (κ2) is 5.89. The van der Waals surface area contributed by atoms with Gasteiger partial charge in [0.1, 0.15) is 11.6 Å². The molecule has 0 saturated heterocycles. The molecule has 0 aliphatic heterocycles. The first-order valence-electron chi connectivity index (χ1n) is 7.65. The first-order valence-corrected chi connectivity index (χ1v) is 7.65. The Bertz CT molecular complexity index is 440. The van der Waals surface area contributed by atoms with Gasteiger partial charge in [-0.05, 0) is 44.9 Å². The molecule has 0 bridgehead atoms. The van der Waals surface area contributed by atoms with Gasteiger partial charge in [-0.2, -0.15) is 0 Å². The topological polar surface area (TPSA) is 37.8 Å². The summed E-state index contributed by atoms with van der Waals surface area (Å²) in [4.78, 5) is 9.64. The van der Waals surface area contributed by atoms with E-state index in [9.17, 15) is 0 Å². The highest BCUT2D eigenvalue weighted by Crippen LogP contribution is 2.37. The van der Waals surface area contributed by atoms with Crippen molar-refractivity contribution in [1.29, 1.82) is 0 Å². The van der Waals surface area contributed by atoms with Crippen LogP contribution in [0.1, 0.15) is 75.9 Å². The summed E-state index contributed by atoms with van der Waals surface area (Å²) in [5, 5.41) is 3.42. The summed E-state index contributed by atoms with van der Waals surface area (Å²) < 4.78 is 0. The van der Waals surface area contributed by atoms with Gasteiger partial charge in [0.05, 0.1) is 0 Å². The van der Waals surface area contributed by atoms with E-state index in [0.717, 1.165) is 29.8 Å². The van der Waals surface area contributed by atoms with E-state index in [-0.39, 0.29) is 0 Å². The Hall–Kier alpha value is -1.12. The van der Waals surface area contributed by atoms with Gasteiger partial charge in [-0.3, -0.25) is 0 Å². The Morgan fingerprint density at radius 3 is 2.53 bits per heavy atom.